The Hall–Kier alpha value is -1.51. The first-order valence-electron chi connectivity index (χ1n) is 6.85. The van der Waals surface area contributed by atoms with Crippen molar-refractivity contribution in [3.05, 3.63) is 34.9 Å². The van der Waals surface area contributed by atoms with E-state index in [1.165, 1.54) is 0 Å². The summed E-state index contributed by atoms with van der Waals surface area (Å²) in [6.07, 6.45) is 4.54. The maximum atomic E-state index is 13.7. The van der Waals surface area contributed by atoms with E-state index in [0.717, 1.165) is 44.2 Å². The molecule has 2 rings (SSSR count). The van der Waals surface area contributed by atoms with Crippen LogP contribution in [-0.2, 0) is 6.54 Å². The van der Waals surface area contributed by atoms with E-state index < -0.39 is 17.2 Å². The van der Waals surface area contributed by atoms with Crippen LogP contribution in [0, 0.1) is 23.0 Å². The van der Waals surface area contributed by atoms with E-state index in [9.17, 15) is 13.9 Å². The lowest BCUT2D eigenvalue weighted by Gasteiger charge is -2.32. The largest absolute Gasteiger partial charge is 0.389 e. The van der Waals surface area contributed by atoms with Crippen molar-refractivity contribution in [3.8, 4) is 6.07 Å². The Kier molecular flexibility index (Phi) is 4.69. The quantitative estimate of drug-likeness (QED) is 0.891. The van der Waals surface area contributed by atoms with Crippen LogP contribution in [0.3, 0.4) is 0 Å². The summed E-state index contributed by atoms with van der Waals surface area (Å²) >= 11 is 0. The van der Waals surface area contributed by atoms with E-state index in [2.05, 4.69) is 5.32 Å². The van der Waals surface area contributed by atoms with Crippen LogP contribution in [0.1, 0.15) is 43.2 Å². The monoisotopic (exact) mass is 280 g/mol. The highest BCUT2D eigenvalue weighted by Crippen LogP contribution is 2.27. The standard InChI is InChI=1S/C15H18F2N2O/c16-13-6-11(8-18)7-14(17)12(13)9-19-10-15(20)4-2-1-3-5-15/h6-7,19-20H,1-5,9-10H2. The molecule has 2 N–H and O–H groups in total. The van der Waals surface area contributed by atoms with Gasteiger partial charge in [-0.3, -0.25) is 0 Å². The molecule has 1 aliphatic carbocycles. The number of rotatable bonds is 4. The molecule has 0 amide bonds. The first-order chi connectivity index (χ1) is 9.54. The Morgan fingerprint density at radius 3 is 2.35 bits per heavy atom. The van der Waals surface area contributed by atoms with Gasteiger partial charge in [0.2, 0.25) is 0 Å². The molecule has 0 radical (unpaired) electrons. The molecule has 3 nitrogen and oxygen atoms in total. The second kappa shape index (κ2) is 6.29. The molecule has 1 aliphatic rings. The van der Waals surface area contributed by atoms with Gasteiger partial charge in [0.25, 0.3) is 0 Å². The number of halogens is 2. The van der Waals surface area contributed by atoms with Gasteiger partial charge in [0.1, 0.15) is 11.6 Å². The van der Waals surface area contributed by atoms with Crippen molar-refractivity contribution in [2.24, 2.45) is 0 Å². The van der Waals surface area contributed by atoms with Gasteiger partial charge in [-0.1, -0.05) is 19.3 Å². The van der Waals surface area contributed by atoms with Crippen LogP contribution < -0.4 is 5.32 Å². The number of benzene rings is 1. The maximum absolute atomic E-state index is 13.7. The second-order valence-electron chi connectivity index (χ2n) is 5.42. The van der Waals surface area contributed by atoms with Crippen molar-refractivity contribution in [1.29, 1.82) is 5.26 Å². The number of nitrogens with one attached hydrogen (secondary N) is 1. The third kappa shape index (κ3) is 3.53. The van der Waals surface area contributed by atoms with Gasteiger partial charge in [-0.2, -0.15) is 5.26 Å². The van der Waals surface area contributed by atoms with Crippen molar-refractivity contribution in [3.63, 3.8) is 0 Å². The molecule has 0 atom stereocenters. The molecule has 5 heteroatoms. The van der Waals surface area contributed by atoms with Gasteiger partial charge < -0.3 is 10.4 Å². The molecule has 0 bridgehead atoms. The third-order valence-corrected chi connectivity index (χ3v) is 3.81. The molecular formula is C15H18F2N2O. The summed E-state index contributed by atoms with van der Waals surface area (Å²) in [5, 5.41) is 21.8. The van der Waals surface area contributed by atoms with Crippen molar-refractivity contribution in [2.45, 2.75) is 44.2 Å². The van der Waals surface area contributed by atoms with Crippen LogP contribution in [0.15, 0.2) is 12.1 Å². The van der Waals surface area contributed by atoms with Gasteiger partial charge in [-0.15, -0.1) is 0 Å². The fourth-order valence-corrected chi connectivity index (χ4v) is 2.64. The minimum atomic E-state index is -0.766. The summed E-state index contributed by atoms with van der Waals surface area (Å²) in [5.74, 6) is -1.46. The number of nitrogens with zero attached hydrogens (tertiary/aromatic N) is 1. The van der Waals surface area contributed by atoms with E-state index in [4.69, 9.17) is 5.26 Å². The normalized spacial score (nSPS) is 17.7. The minimum Gasteiger partial charge on any atom is -0.389 e. The number of aliphatic hydroxyl groups is 1. The first-order valence-corrected chi connectivity index (χ1v) is 6.85. The van der Waals surface area contributed by atoms with E-state index >= 15 is 0 Å². The van der Waals surface area contributed by atoms with Gasteiger partial charge in [0.05, 0.1) is 17.2 Å². The number of hydrogen-bond donors (Lipinski definition) is 2. The highest BCUT2D eigenvalue weighted by molar-refractivity contribution is 5.34. The molecule has 0 saturated heterocycles. The highest BCUT2D eigenvalue weighted by atomic mass is 19.1. The van der Waals surface area contributed by atoms with Gasteiger partial charge in [0.15, 0.2) is 0 Å². The van der Waals surface area contributed by atoms with Crippen LogP contribution >= 0.6 is 0 Å². The predicted octanol–water partition coefficient (Wildman–Crippen LogP) is 2.62. The summed E-state index contributed by atoms with van der Waals surface area (Å²) in [5.41, 5.74) is -0.893. The average Bonchev–Trinajstić information content (AvgIpc) is 2.42. The Bertz CT molecular complexity index is 496. The SMILES string of the molecule is N#Cc1cc(F)c(CNCC2(O)CCCCC2)c(F)c1. The van der Waals surface area contributed by atoms with Crippen molar-refractivity contribution < 1.29 is 13.9 Å². The molecule has 1 aromatic rings. The van der Waals surface area contributed by atoms with Crippen molar-refractivity contribution >= 4 is 0 Å². The predicted molar refractivity (Wildman–Crippen MR) is 70.8 cm³/mol. The second-order valence-corrected chi connectivity index (χ2v) is 5.42. The average molecular weight is 280 g/mol. The van der Waals surface area contributed by atoms with Crippen LogP contribution in [0.5, 0.6) is 0 Å². The van der Waals surface area contributed by atoms with Gasteiger partial charge in [0, 0.05) is 18.7 Å². The molecule has 1 aromatic carbocycles. The van der Waals surface area contributed by atoms with E-state index in [-0.39, 0.29) is 17.7 Å². The van der Waals surface area contributed by atoms with Crippen LogP contribution in [0.2, 0.25) is 0 Å². The summed E-state index contributed by atoms with van der Waals surface area (Å²) in [4.78, 5) is 0. The zero-order valence-corrected chi connectivity index (χ0v) is 11.3. The van der Waals surface area contributed by atoms with Gasteiger partial charge in [-0.25, -0.2) is 8.78 Å². The first kappa shape index (κ1) is 14.9. The Morgan fingerprint density at radius 1 is 1.20 bits per heavy atom. The molecule has 0 aromatic heterocycles. The zero-order chi connectivity index (χ0) is 14.6. The van der Waals surface area contributed by atoms with Crippen molar-refractivity contribution in [1.82, 2.24) is 5.32 Å². The topological polar surface area (TPSA) is 56.0 Å². The molecule has 1 fully saturated rings. The number of nitriles is 1. The van der Waals surface area contributed by atoms with Crippen LogP contribution in [0.4, 0.5) is 8.78 Å². The summed E-state index contributed by atoms with van der Waals surface area (Å²) in [6, 6.07) is 3.76. The molecule has 20 heavy (non-hydrogen) atoms. The van der Waals surface area contributed by atoms with Crippen LogP contribution in [0.25, 0.3) is 0 Å². The molecule has 0 spiro atoms. The van der Waals surface area contributed by atoms with E-state index in [1.807, 2.05) is 0 Å². The molecule has 1 saturated carbocycles. The Morgan fingerprint density at radius 2 is 1.80 bits per heavy atom. The lowest BCUT2D eigenvalue weighted by molar-refractivity contribution is 0.00456. The maximum Gasteiger partial charge on any atom is 0.131 e. The Labute approximate surface area is 117 Å². The molecule has 108 valence electrons. The fourth-order valence-electron chi connectivity index (χ4n) is 2.64. The Balaban J connectivity index is 1.96. The summed E-state index contributed by atoms with van der Waals surface area (Å²) in [6.45, 7) is 0.331. The molecule has 0 unspecified atom stereocenters. The van der Waals surface area contributed by atoms with E-state index in [1.54, 1.807) is 6.07 Å². The lowest BCUT2D eigenvalue weighted by atomic mass is 9.85. The molecular weight excluding hydrogens is 262 g/mol. The van der Waals surface area contributed by atoms with Gasteiger partial charge in [-0.05, 0) is 25.0 Å². The zero-order valence-electron chi connectivity index (χ0n) is 11.3. The van der Waals surface area contributed by atoms with Crippen molar-refractivity contribution in [2.75, 3.05) is 6.54 Å². The van der Waals surface area contributed by atoms with Crippen LogP contribution in [-0.4, -0.2) is 17.3 Å². The molecule has 0 heterocycles. The summed E-state index contributed by atoms with van der Waals surface area (Å²) in [7, 11) is 0. The fraction of sp³-hybridized carbons (Fsp3) is 0.533. The minimum absolute atomic E-state index is 0.00564. The highest BCUT2D eigenvalue weighted by Gasteiger charge is 2.28. The van der Waals surface area contributed by atoms with Gasteiger partial charge >= 0.3 is 0 Å². The summed E-state index contributed by atoms with van der Waals surface area (Å²) < 4.78 is 27.3. The lowest BCUT2D eigenvalue weighted by Crippen LogP contribution is -2.42. The molecule has 0 aliphatic heterocycles. The third-order valence-electron chi connectivity index (χ3n) is 3.81. The number of hydrogen-bond acceptors (Lipinski definition) is 3. The van der Waals surface area contributed by atoms with E-state index in [0.29, 0.717) is 6.54 Å². The smallest absolute Gasteiger partial charge is 0.131 e.